The summed E-state index contributed by atoms with van der Waals surface area (Å²) in [6, 6.07) is 4.23. The molecule has 2 heterocycles. The third kappa shape index (κ3) is 4.13. The second-order valence-corrected chi connectivity index (χ2v) is 6.98. The number of hydrogen-bond acceptors (Lipinski definition) is 5. The normalized spacial score (nSPS) is 19.4. The highest BCUT2D eigenvalue weighted by atomic mass is 32.2. The van der Waals surface area contributed by atoms with Gasteiger partial charge in [-0.05, 0) is 24.8 Å². The average molecular weight is 293 g/mol. The third-order valence-corrected chi connectivity index (χ3v) is 4.10. The van der Waals surface area contributed by atoms with Crippen LogP contribution < -0.4 is 10.1 Å². The Bertz CT molecular complexity index is 465. The van der Waals surface area contributed by atoms with Crippen LogP contribution in [0.1, 0.15) is 34.1 Å². The number of hydrogen-bond donors (Lipinski definition) is 1. The van der Waals surface area contributed by atoms with Gasteiger partial charge in [0.15, 0.2) is 5.17 Å². The van der Waals surface area contributed by atoms with Crippen molar-refractivity contribution in [1.82, 2.24) is 4.98 Å². The molecule has 0 fully saturated rings. The predicted octanol–water partition coefficient (Wildman–Crippen LogP) is 3.80. The molecular weight excluding hydrogens is 270 g/mol. The molecule has 110 valence electrons. The number of nitrogens with zero attached hydrogens (tertiary/aromatic N) is 2. The third-order valence-electron chi connectivity index (χ3n) is 3.18. The van der Waals surface area contributed by atoms with Crippen molar-refractivity contribution in [2.24, 2.45) is 10.4 Å². The summed E-state index contributed by atoms with van der Waals surface area (Å²) in [5, 5.41) is 4.34. The van der Waals surface area contributed by atoms with Gasteiger partial charge in [-0.25, -0.2) is 4.98 Å². The van der Waals surface area contributed by atoms with Gasteiger partial charge >= 0.3 is 0 Å². The van der Waals surface area contributed by atoms with E-state index in [2.05, 4.69) is 31.1 Å². The van der Waals surface area contributed by atoms with Gasteiger partial charge in [0.1, 0.15) is 0 Å². The molecule has 20 heavy (non-hydrogen) atoms. The SMILES string of the molecule is CCOc1ccc(NC2=NC(C(C)(C)C)CCS2)cn1. The summed E-state index contributed by atoms with van der Waals surface area (Å²) in [7, 11) is 0. The first-order valence-electron chi connectivity index (χ1n) is 7.05. The molecule has 0 aromatic carbocycles. The van der Waals surface area contributed by atoms with Gasteiger partial charge in [0.2, 0.25) is 5.88 Å². The van der Waals surface area contributed by atoms with Crippen molar-refractivity contribution in [2.75, 3.05) is 17.7 Å². The lowest BCUT2D eigenvalue weighted by atomic mass is 9.85. The highest BCUT2D eigenvalue weighted by molar-refractivity contribution is 8.14. The molecule has 5 heteroatoms. The van der Waals surface area contributed by atoms with Crippen molar-refractivity contribution in [3.05, 3.63) is 18.3 Å². The summed E-state index contributed by atoms with van der Waals surface area (Å²) in [5.41, 5.74) is 1.17. The van der Waals surface area contributed by atoms with E-state index in [0.29, 0.717) is 18.5 Å². The maximum Gasteiger partial charge on any atom is 0.213 e. The fourth-order valence-corrected chi connectivity index (χ4v) is 2.94. The largest absolute Gasteiger partial charge is 0.478 e. The van der Waals surface area contributed by atoms with Gasteiger partial charge < -0.3 is 10.1 Å². The first kappa shape index (κ1) is 15.2. The fraction of sp³-hybridized carbons (Fsp3) is 0.600. The molecule has 0 aliphatic carbocycles. The molecule has 0 bridgehead atoms. The molecule has 0 saturated carbocycles. The van der Waals surface area contributed by atoms with Gasteiger partial charge in [-0.3, -0.25) is 4.99 Å². The summed E-state index contributed by atoms with van der Waals surface area (Å²) in [6.07, 6.45) is 2.93. The number of ether oxygens (including phenoxy) is 1. The summed E-state index contributed by atoms with van der Waals surface area (Å²) >= 11 is 1.77. The summed E-state index contributed by atoms with van der Waals surface area (Å²) < 4.78 is 5.34. The van der Waals surface area contributed by atoms with E-state index in [1.165, 1.54) is 0 Å². The number of nitrogens with one attached hydrogen (secondary N) is 1. The number of anilines is 1. The molecule has 1 unspecified atom stereocenters. The van der Waals surface area contributed by atoms with Crippen LogP contribution >= 0.6 is 11.8 Å². The lowest BCUT2D eigenvalue weighted by Gasteiger charge is -2.31. The Morgan fingerprint density at radius 1 is 1.40 bits per heavy atom. The number of rotatable bonds is 3. The highest BCUT2D eigenvalue weighted by Gasteiger charge is 2.27. The molecule has 1 N–H and O–H groups in total. The van der Waals surface area contributed by atoms with Gasteiger partial charge in [0.05, 0.1) is 24.5 Å². The Labute approximate surface area is 125 Å². The van der Waals surface area contributed by atoms with Crippen LogP contribution in [0.4, 0.5) is 5.69 Å². The Kier molecular flexibility index (Phi) is 4.91. The number of aromatic nitrogens is 1. The minimum absolute atomic E-state index is 0.213. The monoisotopic (exact) mass is 293 g/mol. The zero-order valence-electron chi connectivity index (χ0n) is 12.6. The van der Waals surface area contributed by atoms with E-state index in [1.807, 2.05) is 19.1 Å². The van der Waals surface area contributed by atoms with Gasteiger partial charge in [-0.1, -0.05) is 32.5 Å². The van der Waals surface area contributed by atoms with Gasteiger partial charge in [-0.15, -0.1) is 0 Å². The molecule has 1 aromatic rings. The molecular formula is C15H23N3OS. The Balaban J connectivity index is 2.03. The summed E-state index contributed by atoms with van der Waals surface area (Å²) in [4.78, 5) is 9.07. The topological polar surface area (TPSA) is 46.5 Å². The zero-order chi connectivity index (χ0) is 14.6. The van der Waals surface area contributed by atoms with Crippen molar-refractivity contribution >= 4 is 22.6 Å². The second kappa shape index (κ2) is 6.48. The summed E-state index contributed by atoms with van der Waals surface area (Å²) in [5.74, 6) is 1.77. The van der Waals surface area contributed by atoms with Gasteiger partial charge in [0, 0.05) is 11.8 Å². The number of thioether (sulfide) groups is 1. The molecule has 2 rings (SSSR count). The van der Waals surface area contributed by atoms with E-state index in [-0.39, 0.29) is 5.41 Å². The smallest absolute Gasteiger partial charge is 0.213 e. The fourth-order valence-electron chi connectivity index (χ4n) is 2.02. The minimum Gasteiger partial charge on any atom is -0.478 e. The van der Waals surface area contributed by atoms with Crippen LogP contribution in [0.3, 0.4) is 0 Å². The van der Waals surface area contributed by atoms with E-state index in [4.69, 9.17) is 9.73 Å². The molecule has 1 aromatic heterocycles. The number of aliphatic imine (C=N–C) groups is 1. The quantitative estimate of drug-likeness (QED) is 0.921. The van der Waals surface area contributed by atoms with Crippen LogP contribution in [-0.2, 0) is 0 Å². The molecule has 0 radical (unpaired) electrons. The van der Waals surface area contributed by atoms with Crippen LogP contribution in [0, 0.1) is 5.41 Å². The van der Waals surface area contributed by atoms with Crippen molar-refractivity contribution in [3.63, 3.8) is 0 Å². The first-order valence-corrected chi connectivity index (χ1v) is 8.04. The van der Waals surface area contributed by atoms with Crippen LogP contribution in [0.2, 0.25) is 0 Å². The van der Waals surface area contributed by atoms with Crippen molar-refractivity contribution in [1.29, 1.82) is 0 Å². The lowest BCUT2D eigenvalue weighted by molar-refractivity contribution is 0.316. The lowest BCUT2D eigenvalue weighted by Crippen LogP contribution is -2.30. The Morgan fingerprint density at radius 2 is 2.20 bits per heavy atom. The molecule has 0 spiro atoms. The first-order chi connectivity index (χ1) is 9.49. The van der Waals surface area contributed by atoms with Crippen molar-refractivity contribution in [3.8, 4) is 5.88 Å². The van der Waals surface area contributed by atoms with E-state index in [9.17, 15) is 0 Å². The van der Waals surface area contributed by atoms with Crippen LogP contribution in [0.15, 0.2) is 23.3 Å². The van der Waals surface area contributed by atoms with Crippen LogP contribution in [-0.4, -0.2) is 28.6 Å². The Hall–Kier alpha value is -1.23. The van der Waals surface area contributed by atoms with Crippen molar-refractivity contribution in [2.45, 2.75) is 40.2 Å². The minimum atomic E-state index is 0.213. The van der Waals surface area contributed by atoms with Crippen LogP contribution in [0.5, 0.6) is 5.88 Å². The average Bonchev–Trinajstić information content (AvgIpc) is 2.41. The second-order valence-electron chi connectivity index (χ2n) is 5.90. The maximum absolute atomic E-state index is 5.34. The molecule has 1 aliphatic rings. The van der Waals surface area contributed by atoms with E-state index in [1.54, 1.807) is 18.0 Å². The molecule has 0 amide bonds. The highest BCUT2D eigenvalue weighted by Crippen LogP contribution is 2.31. The summed E-state index contributed by atoms with van der Waals surface area (Å²) in [6.45, 7) is 9.32. The van der Waals surface area contributed by atoms with E-state index >= 15 is 0 Å². The zero-order valence-corrected chi connectivity index (χ0v) is 13.5. The van der Waals surface area contributed by atoms with E-state index in [0.717, 1.165) is 23.0 Å². The van der Waals surface area contributed by atoms with Crippen LogP contribution in [0.25, 0.3) is 0 Å². The predicted molar refractivity (Wildman–Crippen MR) is 86.8 cm³/mol. The standard InChI is InChI=1S/C15H23N3OS/c1-5-19-13-7-6-11(10-16-13)17-14-18-12(8-9-20-14)15(2,3)4/h6-7,10,12H,5,8-9H2,1-4H3,(H,17,18). The van der Waals surface area contributed by atoms with Gasteiger partial charge in [-0.2, -0.15) is 0 Å². The Morgan fingerprint density at radius 3 is 2.80 bits per heavy atom. The molecule has 1 aliphatic heterocycles. The number of pyridine rings is 1. The van der Waals surface area contributed by atoms with Gasteiger partial charge in [0.25, 0.3) is 0 Å². The maximum atomic E-state index is 5.34. The van der Waals surface area contributed by atoms with E-state index < -0.39 is 0 Å². The number of amidine groups is 1. The molecule has 1 atom stereocenters. The molecule has 0 saturated heterocycles. The molecule has 4 nitrogen and oxygen atoms in total. The van der Waals surface area contributed by atoms with Crippen molar-refractivity contribution < 1.29 is 4.74 Å².